The topological polar surface area (TPSA) is 47.6 Å². The molecule has 0 amide bonds. The molecule has 0 spiro atoms. The Bertz CT molecular complexity index is 391. The highest BCUT2D eigenvalue weighted by atomic mass is 19.1. The van der Waals surface area contributed by atoms with Crippen LogP contribution in [0.3, 0.4) is 0 Å². The minimum absolute atomic E-state index is 0.281. The minimum atomic E-state index is -0.353. The molecule has 0 fully saturated rings. The van der Waals surface area contributed by atoms with Crippen molar-refractivity contribution in [1.29, 1.82) is 0 Å². The first-order chi connectivity index (χ1) is 8.19. The highest BCUT2D eigenvalue weighted by Gasteiger charge is 2.08. The van der Waals surface area contributed by atoms with Crippen molar-refractivity contribution in [2.75, 3.05) is 6.61 Å². The first-order valence-electron chi connectivity index (χ1n) is 5.88. The molecule has 17 heavy (non-hydrogen) atoms. The summed E-state index contributed by atoms with van der Waals surface area (Å²) < 4.78 is 18.8. The molecule has 0 aliphatic carbocycles. The van der Waals surface area contributed by atoms with E-state index < -0.39 is 0 Å². The van der Waals surface area contributed by atoms with Gasteiger partial charge in [0, 0.05) is 12.0 Å². The number of halogens is 1. The number of rotatable bonds is 6. The molecule has 0 bridgehead atoms. The van der Waals surface area contributed by atoms with E-state index >= 15 is 0 Å². The minimum Gasteiger partial charge on any atom is -0.490 e. The van der Waals surface area contributed by atoms with Crippen molar-refractivity contribution in [2.45, 2.75) is 33.2 Å². The summed E-state index contributed by atoms with van der Waals surface area (Å²) in [6, 6.07) is 4.84. The molecule has 0 aliphatic rings. The predicted molar refractivity (Wildman–Crippen MR) is 67.8 cm³/mol. The standard InChI is InChI=1S/C13H19FN2O/c1-3-6-12(15)16-9-10-7-5-8-11(14)13(10)17-4-2/h5,7-8H,3-4,6,9H2,1-2H3,(H2,15,16). The van der Waals surface area contributed by atoms with Crippen molar-refractivity contribution in [2.24, 2.45) is 10.7 Å². The van der Waals surface area contributed by atoms with Crippen LogP contribution < -0.4 is 10.5 Å². The first kappa shape index (κ1) is 13.5. The fraction of sp³-hybridized carbons (Fsp3) is 0.462. The van der Waals surface area contributed by atoms with Crippen LogP contribution in [-0.2, 0) is 6.54 Å². The molecule has 0 unspecified atom stereocenters. The van der Waals surface area contributed by atoms with E-state index in [2.05, 4.69) is 4.99 Å². The van der Waals surface area contributed by atoms with Gasteiger partial charge in [-0.15, -0.1) is 0 Å². The van der Waals surface area contributed by atoms with E-state index in [1.165, 1.54) is 6.07 Å². The number of nitrogens with zero attached hydrogens (tertiary/aromatic N) is 1. The summed E-state index contributed by atoms with van der Waals surface area (Å²) in [6.45, 7) is 4.65. The summed E-state index contributed by atoms with van der Waals surface area (Å²) >= 11 is 0. The van der Waals surface area contributed by atoms with Crippen LogP contribution in [0.4, 0.5) is 4.39 Å². The zero-order valence-corrected chi connectivity index (χ0v) is 10.4. The SMILES string of the molecule is CCCC(N)=NCc1cccc(F)c1OCC. The second-order valence-electron chi connectivity index (χ2n) is 3.72. The molecule has 1 aromatic carbocycles. The Morgan fingerprint density at radius 3 is 2.82 bits per heavy atom. The van der Waals surface area contributed by atoms with E-state index in [9.17, 15) is 4.39 Å². The predicted octanol–water partition coefficient (Wildman–Crippen LogP) is 2.88. The zero-order chi connectivity index (χ0) is 12.7. The fourth-order valence-corrected chi connectivity index (χ4v) is 1.51. The first-order valence-corrected chi connectivity index (χ1v) is 5.88. The number of aliphatic imine (C=N–C) groups is 1. The van der Waals surface area contributed by atoms with Gasteiger partial charge in [0.15, 0.2) is 11.6 Å². The quantitative estimate of drug-likeness (QED) is 0.612. The molecule has 0 atom stereocenters. The summed E-state index contributed by atoms with van der Waals surface area (Å²) in [4.78, 5) is 4.22. The average molecular weight is 238 g/mol. The molecule has 0 radical (unpaired) electrons. The van der Waals surface area contributed by atoms with Gasteiger partial charge in [0.25, 0.3) is 0 Å². The molecule has 0 heterocycles. The van der Waals surface area contributed by atoms with Gasteiger partial charge in [-0.3, -0.25) is 4.99 Å². The van der Waals surface area contributed by atoms with Crippen molar-refractivity contribution >= 4 is 5.84 Å². The second-order valence-corrected chi connectivity index (χ2v) is 3.72. The van der Waals surface area contributed by atoms with Gasteiger partial charge in [0.1, 0.15) is 0 Å². The number of nitrogens with two attached hydrogens (primary N) is 1. The van der Waals surface area contributed by atoms with Gasteiger partial charge >= 0.3 is 0 Å². The summed E-state index contributed by atoms with van der Waals surface area (Å²) in [6.07, 6.45) is 1.72. The molecule has 0 aromatic heterocycles. The maximum atomic E-state index is 13.5. The summed E-state index contributed by atoms with van der Waals surface area (Å²) in [5.74, 6) is 0.524. The summed E-state index contributed by atoms with van der Waals surface area (Å²) in [7, 11) is 0. The Hall–Kier alpha value is -1.58. The molecular weight excluding hydrogens is 219 g/mol. The van der Waals surface area contributed by atoms with Gasteiger partial charge in [-0.2, -0.15) is 0 Å². The monoisotopic (exact) mass is 238 g/mol. The van der Waals surface area contributed by atoms with E-state index in [-0.39, 0.29) is 11.6 Å². The van der Waals surface area contributed by atoms with Crippen LogP contribution in [-0.4, -0.2) is 12.4 Å². The number of hydrogen-bond acceptors (Lipinski definition) is 2. The van der Waals surface area contributed by atoms with Crippen LogP contribution in [0.2, 0.25) is 0 Å². The largest absolute Gasteiger partial charge is 0.490 e. The van der Waals surface area contributed by atoms with E-state index in [4.69, 9.17) is 10.5 Å². The Kier molecular flexibility index (Phi) is 5.46. The van der Waals surface area contributed by atoms with Crippen LogP contribution in [0.25, 0.3) is 0 Å². The smallest absolute Gasteiger partial charge is 0.165 e. The molecule has 0 aliphatic heterocycles. The Morgan fingerprint density at radius 1 is 1.41 bits per heavy atom. The van der Waals surface area contributed by atoms with Gasteiger partial charge in [0.05, 0.1) is 19.0 Å². The van der Waals surface area contributed by atoms with Crippen LogP contribution in [0.15, 0.2) is 23.2 Å². The van der Waals surface area contributed by atoms with Crippen molar-refractivity contribution in [3.05, 3.63) is 29.6 Å². The van der Waals surface area contributed by atoms with Crippen LogP contribution in [0.5, 0.6) is 5.75 Å². The van der Waals surface area contributed by atoms with Gasteiger partial charge in [-0.25, -0.2) is 4.39 Å². The van der Waals surface area contributed by atoms with E-state index in [0.717, 1.165) is 18.4 Å². The molecular formula is C13H19FN2O. The number of ether oxygens (including phenoxy) is 1. The molecule has 0 saturated heterocycles. The molecule has 4 heteroatoms. The molecule has 0 saturated carbocycles. The fourth-order valence-electron chi connectivity index (χ4n) is 1.51. The molecule has 2 N–H and O–H groups in total. The van der Waals surface area contributed by atoms with Gasteiger partial charge in [-0.05, 0) is 19.4 Å². The van der Waals surface area contributed by atoms with Gasteiger partial charge in [-0.1, -0.05) is 19.1 Å². The third-order valence-corrected chi connectivity index (χ3v) is 2.30. The third-order valence-electron chi connectivity index (χ3n) is 2.30. The van der Waals surface area contributed by atoms with E-state index in [1.54, 1.807) is 12.1 Å². The maximum absolute atomic E-state index is 13.5. The lowest BCUT2D eigenvalue weighted by Gasteiger charge is -2.09. The van der Waals surface area contributed by atoms with E-state index in [1.807, 2.05) is 13.8 Å². The molecule has 3 nitrogen and oxygen atoms in total. The van der Waals surface area contributed by atoms with Crippen molar-refractivity contribution in [3.63, 3.8) is 0 Å². The van der Waals surface area contributed by atoms with Crippen LogP contribution in [0.1, 0.15) is 32.3 Å². The number of amidine groups is 1. The van der Waals surface area contributed by atoms with Crippen molar-refractivity contribution in [3.8, 4) is 5.75 Å². The Labute approximate surface area is 102 Å². The Balaban J connectivity index is 2.83. The Morgan fingerprint density at radius 2 is 2.18 bits per heavy atom. The zero-order valence-electron chi connectivity index (χ0n) is 10.4. The second kappa shape index (κ2) is 6.89. The van der Waals surface area contributed by atoms with Crippen molar-refractivity contribution in [1.82, 2.24) is 0 Å². The lowest BCUT2D eigenvalue weighted by Crippen LogP contribution is -2.11. The van der Waals surface area contributed by atoms with Crippen LogP contribution in [0, 0.1) is 5.82 Å². The lowest BCUT2D eigenvalue weighted by molar-refractivity contribution is 0.318. The molecule has 94 valence electrons. The normalized spacial score (nSPS) is 11.6. The van der Waals surface area contributed by atoms with E-state index in [0.29, 0.717) is 19.0 Å². The van der Waals surface area contributed by atoms with Crippen molar-refractivity contribution < 1.29 is 9.13 Å². The number of hydrogen-bond donors (Lipinski definition) is 1. The highest BCUT2D eigenvalue weighted by Crippen LogP contribution is 2.23. The lowest BCUT2D eigenvalue weighted by atomic mass is 10.2. The van der Waals surface area contributed by atoms with Crippen LogP contribution >= 0.6 is 0 Å². The van der Waals surface area contributed by atoms with Gasteiger partial charge < -0.3 is 10.5 Å². The maximum Gasteiger partial charge on any atom is 0.165 e. The summed E-state index contributed by atoms with van der Waals surface area (Å²) in [5, 5.41) is 0. The number of para-hydroxylation sites is 1. The summed E-state index contributed by atoms with van der Waals surface area (Å²) in [5.41, 5.74) is 6.44. The molecule has 1 aromatic rings. The average Bonchev–Trinajstić information content (AvgIpc) is 2.30. The van der Waals surface area contributed by atoms with Gasteiger partial charge in [0.2, 0.25) is 0 Å². The highest BCUT2D eigenvalue weighted by molar-refractivity contribution is 5.80. The molecule has 1 rings (SSSR count). The number of benzene rings is 1. The third kappa shape index (κ3) is 4.06.